The smallest absolute Gasteiger partial charge is 0.306 e. The minimum absolute atomic E-state index is 0.332. The molecule has 0 aliphatic carbocycles. The highest BCUT2D eigenvalue weighted by molar-refractivity contribution is 7.86. The summed E-state index contributed by atoms with van der Waals surface area (Å²) in [6.07, 6.45) is 1.04. The quantitative estimate of drug-likeness (QED) is 0.682. The zero-order valence-electron chi connectivity index (χ0n) is 12.4. The Bertz CT molecular complexity index is 926. The summed E-state index contributed by atoms with van der Waals surface area (Å²) in [5.41, 5.74) is 3.51. The molecule has 0 heterocycles. The highest BCUT2D eigenvalue weighted by atomic mass is 32.2. The molecule has 112 valence electrons. The van der Waals surface area contributed by atoms with E-state index in [4.69, 9.17) is 4.18 Å². The van der Waals surface area contributed by atoms with Crippen LogP contribution in [0.25, 0.3) is 21.9 Å². The van der Waals surface area contributed by atoms with Crippen molar-refractivity contribution in [2.45, 2.75) is 6.92 Å². The number of benzene rings is 3. The number of rotatable bonds is 3. The van der Waals surface area contributed by atoms with E-state index in [1.807, 2.05) is 18.2 Å². The molecule has 0 saturated heterocycles. The summed E-state index contributed by atoms with van der Waals surface area (Å²) < 4.78 is 27.3. The summed E-state index contributed by atoms with van der Waals surface area (Å²) in [5.74, 6) is 0.332. The Balaban J connectivity index is 2.01. The third-order valence-corrected chi connectivity index (χ3v) is 3.94. The van der Waals surface area contributed by atoms with Gasteiger partial charge in [-0.1, -0.05) is 48.0 Å². The maximum absolute atomic E-state index is 11.2. The topological polar surface area (TPSA) is 43.4 Å². The second-order valence-corrected chi connectivity index (χ2v) is 6.95. The first-order valence-corrected chi connectivity index (χ1v) is 8.73. The van der Waals surface area contributed by atoms with Crippen molar-refractivity contribution in [1.82, 2.24) is 0 Å². The molecule has 0 spiro atoms. The average Bonchev–Trinajstić information content (AvgIpc) is 2.46. The first kappa shape index (κ1) is 14.6. The van der Waals surface area contributed by atoms with Crippen LogP contribution in [0.1, 0.15) is 5.56 Å². The fraction of sp³-hybridized carbons (Fsp3) is 0.111. The summed E-state index contributed by atoms with van der Waals surface area (Å²) in [4.78, 5) is 0. The monoisotopic (exact) mass is 312 g/mol. The molecule has 4 heteroatoms. The van der Waals surface area contributed by atoms with Crippen molar-refractivity contribution in [2.75, 3.05) is 6.26 Å². The fourth-order valence-electron chi connectivity index (χ4n) is 2.38. The van der Waals surface area contributed by atoms with Crippen LogP contribution >= 0.6 is 0 Å². The SMILES string of the molecule is Cc1ccc(-c2ccc3cc(OS(C)(=O)=O)ccc3c2)cc1. The molecular weight excluding hydrogens is 296 g/mol. The molecule has 3 aromatic carbocycles. The van der Waals surface area contributed by atoms with E-state index in [2.05, 4.69) is 37.3 Å². The second kappa shape index (κ2) is 5.46. The molecule has 3 aromatic rings. The van der Waals surface area contributed by atoms with Crippen LogP contribution in [-0.2, 0) is 10.1 Å². The van der Waals surface area contributed by atoms with Gasteiger partial charge in [-0.15, -0.1) is 0 Å². The molecule has 0 radical (unpaired) electrons. The van der Waals surface area contributed by atoms with Crippen LogP contribution in [0.15, 0.2) is 60.7 Å². The van der Waals surface area contributed by atoms with Gasteiger partial charge in [0.15, 0.2) is 0 Å². The lowest BCUT2D eigenvalue weighted by Gasteiger charge is -2.07. The van der Waals surface area contributed by atoms with Gasteiger partial charge in [0.25, 0.3) is 0 Å². The molecule has 0 atom stereocenters. The Morgan fingerprint density at radius 1 is 0.773 bits per heavy atom. The minimum Gasteiger partial charge on any atom is -0.383 e. The molecule has 0 fully saturated rings. The lowest BCUT2D eigenvalue weighted by Crippen LogP contribution is -2.05. The average molecular weight is 312 g/mol. The molecule has 3 rings (SSSR count). The molecule has 0 N–H and O–H groups in total. The van der Waals surface area contributed by atoms with E-state index in [0.717, 1.165) is 28.2 Å². The van der Waals surface area contributed by atoms with Crippen LogP contribution in [0.3, 0.4) is 0 Å². The van der Waals surface area contributed by atoms with E-state index in [1.165, 1.54) is 5.56 Å². The largest absolute Gasteiger partial charge is 0.383 e. The molecule has 0 unspecified atom stereocenters. The lowest BCUT2D eigenvalue weighted by molar-refractivity contribution is 0.493. The highest BCUT2D eigenvalue weighted by Crippen LogP contribution is 2.27. The molecular formula is C18H16O3S. The number of aryl methyl sites for hydroxylation is 1. The number of hydrogen-bond acceptors (Lipinski definition) is 3. The van der Waals surface area contributed by atoms with Gasteiger partial charge in [-0.3, -0.25) is 0 Å². The van der Waals surface area contributed by atoms with Crippen molar-refractivity contribution in [2.24, 2.45) is 0 Å². The van der Waals surface area contributed by atoms with E-state index >= 15 is 0 Å². The molecule has 0 bridgehead atoms. The van der Waals surface area contributed by atoms with Crippen LogP contribution in [0.2, 0.25) is 0 Å². The van der Waals surface area contributed by atoms with Crippen LogP contribution in [-0.4, -0.2) is 14.7 Å². The molecule has 0 aliphatic heterocycles. The predicted octanol–water partition coefficient (Wildman–Crippen LogP) is 4.15. The minimum atomic E-state index is -3.50. The Morgan fingerprint density at radius 3 is 2.05 bits per heavy atom. The van der Waals surface area contributed by atoms with Gasteiger partial charge in [-0.05, 0) is 47.0 Å². The van der Waals surface area contributed by atoms with Crippen molar-refractivity contribution < 1.29 is 12.6 Å². The van der Waals surface area contributed by atoms with Gasteiger partial charge in [-0.25, -0.2) is 0 Å². The Hall–Kier alpha value is -2.33. The number of fused-ring (bicyclic) bond motifs is 1. The molecule has 22 heavy (non-hydrogen) atoms. The van der Waals surface area contributed by atoms with Gasteiger partial charge in [0.1, 0.15) is 5.75 Å². The van der Waals surface area contributed by atoms with Crippen molar-refractivity contribution in [3.63, 3.8) is 0 Å². The molecule has 0 saturated carbocycles. The maximum Gasteiger partial charge on any atom is 0.306 e. The van der Waals surface area contributed by atoms with E-state index in [-0.39, 0.29) is 0 Å². The first-order chi connectivity index (χ1) is 10.4. The van der Waals surface area contributed by atoms with E-state index in [9.17, 15) is 8.42 Å². The molecule has 3 nitrogen and oxygen atoms in total. The lowest BCUT2D eigenvalue weighted by atomic mass is 10.0. The van der Waals surface area contributed by atoms with Crippen molar-refractivity contribution >= 4 is 20.9 Å². The third kappa shape index (κ3) is 3.28. The Labute approximate surface area is 130 Å². The van der Waals surface area contributed by atoms with Crippen LogP contribution < -0.4 is 4.18 Å². The summed E-state index contributed by atoms with van der Waals surface area (Å²) in [7, 11) is -3.50. The summed E-state index contributed by atoms with van der Waals surface area (Å²) >= 11 is 0. The van der Waals surface area contributed by atoms with Gasteiger partial charge >= 0.3 is 10.1 Å². The van der Waals surface area contributed by atoms with Gasteiger partial charge in [0.05, 0.1) is 6.26 Å². The number of hydrogen-bond donors (Lipinski definition) is 0. The van der Waals surface area contributed by atoms with Crippen LogP contribution in [0.5, 0.6) is 5.75 Å². The van der Waals surface area contributed by atoms with E-state index in [1.54, 1.807) is 12.1 Å². The van der Waals surface area contributed by atoms with Gasteiger partial charge < -0.3 is 4.18 Å². The summed E-state index contributed by atoms with van der Waals surface area (Å²) in [6, 6.07) is 19.7. The van der Waals surface area contributed by atoms with Crippen LogP contribution in [0.4, 0.5) is 0 Å². The summed E-state index contributed by atoms with van der Waals surface area (Å²) in [5, 5.41) is 1.98. The van der Waals surface area contributed by atoms with Gasteiger partial charge in [-0.2, -0.15) is 8.42 Å². The van der Waals surface area contributed by atoms with Gasteiger partial charge in [0, 0.05) is 0 Å². The summed E-state index contributed by atoms with van der Waals surface area (Å²) in [6.45, 7) is 2.06. The zero-order chi connectivity index (χ0) is 15.7. The molecule has 0 aromatic heterocycles. The highest BCUT2D eigenvalue weighted by Gasteiger charge is 2.06. The van der Waals surface area contributed by atoms with Crippen molar-refractivity contribution in [1.29, 1.82) is 0 Å². The predicted molar refractivity (Wildman–Crippen MR) is 89.6 cm³/mol. The van der Waals surface area contributed by atoms with E-state index < -0.39 is 10.1 Å². The van der Waals surface area contributed by atoms with Crippen molar-refractivity contribution in [3.8, 4) is 16.9 Å². The maximum atomic E-state index is 11.2. The van der Waals surface area contributed by atoms with Crippen LogP contribution in [0, 0.1) is 6.92 Å². The Kier molecular flexibility index (Phi) is 3.62. The van der Waals surface area contributed by atoms with Gasteiger partial charge in [0.2, 0.25) is 0 Å². The standard InChI is InChI=1S/C18H16O3S/c1-13-3-5-14(6-4-13)15-7-8-17-12-18(21-22(2,19)20)10-9-16(17)11-15/h3-12H,1-2H3. The molecule has 0 amide bonds. The second-order valence-electron chi connectivity index (χ2n) is 5.38. The van der Waals surface area contributed by atoms with Crippen molar-refractivity contribution in [3.05, 3.63) is 66.2 Å². The normalized spacial score (nSPS) is 11.5. The third-order valence-electron chi connectivity index (χ3n) is 3.44. The molecule has 0 aliphatic rings. The first-order valence-electron chi connectivity index (χ1n) is 6.91. The zero-order valence-corrected chi connectivity index (χ0v) is 13.2. The van der Waals surface area contributed by atoms with E-state index in [0.29, 0.717) is 5.75 Å². The Morgan fingerprint density at radius 2 is 1.36 bits per heavy atom. The fourth-order valence-corrected chi connectivity index (χ4v) is 2.83.